The highest BCUT2D eigenvalue weighted by atomic mass is 35.5. The van der Waals surface area contributed by atoms with Crippen LogP contribution in [0.15, 0.2) is 71.8 Å². The van der Waals surface area contributed by atoms with Gasteiger partial charge in [0, 0.05) is 10.6 Å². The first kappa shape index (κ1) is 22.2. The van der Waals surface area contributed by atoms with E-state index >= 15 is 0 Å². The van der Waals surface area contributed by atoms with Crippen LogP contribution in [-0.2, 0) is 11.4 Å². The number of carbonyl (C=O) groups excluding carboxylic acids is 1. The van der Waals surface area contributed by atoms with Crippen molar-refractivity contribution in [3.8, 4) is 17.2 Å². The monoisotopic (exact) mass is 438 g/mol. The van der Waals surface area contributed by atoms with E-state index in [1.807, 2.05) is 55.5 Å². The molecule has 0 aromatic heterocycles. The number of carbonyl (C=O) groups is 1. The van der Waals surface area contributed by atoms with E-state index < -0.39 is 0 Å². The van der Waals surface area contributed by atoms with Crippen LogP contribution < -0.4 is 19.6 Å². The van der Waals surface area contributed by atoms with Crippen LogP contribution in [0.1, 0.15) is 16.7 Å². The van der Waals surface area contributed by atoms with E-state index in [4.69, 9.17) is 25.8 Å². The molecule has 0 atom stereocenters. The van der Waals surface area contributed by atoms with Gasteiger partial charge in [-0.3, -0.25) is 4.79 Å². The number of hydrazone groups is 1. The first-order valence-electron chi connectivity index (χ1n) is 9.61. The van der Waals surface area contributed by atoms with Crippen molar-refractivity contribution in [1.29, 1.82) is 0 Å². The molecule has 0 aliphatic carbocycles. The van der Waals surface area contributed by atoms with Crippen LogP contribution in [0.2, 0.25) is 5.02 Å². The van der Waals surface area contributed by atoms with Crippen molar-refractivity contribution < 1.29 is 19.0 Å². The van der Waals surface area contributed by atoms with Gasteiger partial charge < -0.3 is 14.2 Å². The summed E-state index contributed by atoms with van der Waals surface area (Å²) in [5, 5.41) is 4.61. The molecule has 0 saturated carbocycles. The minimum atomic E-state index is -0.357. The maximum Gasteiger partial charge on any atom is 0.277 e. The zero-order chi connectivity index (χ0) is 22.1. The molecule has 0 aliphatic rings. The Morgan fingerprint density at radius 3 is 2.65 bits per heavy atom. The van der Waals surface area contributed by atoms with Crippen molar-refractivity contribution in [1.82, 2.24) is 5.43 Å². The molecule has 0 spiro atoms. The predicted octanol–water partition coefficient (Wildman–Crippen LogP) is 4.77. The fourth-order valence-electron chi connectivity index (χ4n) is 2.72. The fraction of sp³-hybridized carbons (Fsp3) is 0.167. The summed E-state index contributed by atoms with van der Waals surface area (Å²) in [7, 11) is 1.56. The topological polar surface area (TPSA) is 69.2 Å². The predicted molar refractivity (Wildman–Crippen MR) is 121 cm³/mol. The number of aryl methyl sites for hydroxylation is 1. The summed E-state index contributed by atoms with van der Waals surface area (Å²) in [6.07, 6.45) is 1.52. The SMILES string of the molecule is COc1cc(/C=N/NC(=O)COc2cccc(C)c2)ccc1OCc1ccccc1Cl. The average molecular weight is 439 g/mol. The lowest BCUT2D eigenvalue weighted by atomic mass is 10.2. The van der Waals surface area contributed by atoms with Crippen LogP contribution in [0.4, 0.5) is 0 Å². The first-order chi connectivity index (χ1) is 15.0. The van der Waals surface area contributed by atoms with E-state index in [-0.39, 0.29) is 12.5 Å². The van der Waals surface area contributed by atoms with Crippen LogP contribution in [0.5, 0.6) is 17.2 Å². The fourth-order valence-corrected chi connectivity index (χ4v) is 2.91. The summed E-state index contributed by atoms with van der Waals surface area (Å²) in [6, 6.07) is 20.3. The van der Waals surface area contributed by atoms with Gasteiger partial charge in [0.2, 0.25) is 0 Å². The van der Waals surface area contributed by atoms with Crippen LogP contribution >= 0.6 is 11.6 Å². The Bertz CT molecular complexity index is 1070. The van der Waals surface area contributed by atoms with E-state index in [1.54, 1.807) is 25.3 Å². The lowest BCUT2D eigenvalue weighted by molar-refractivity contribution is -0.123. The van der Waals surface area contributed by atoms with Gasteiger partial charge in [0.05, 0.1) is 13.3 Å². The number of ether oxygens (including phenoxy) is 3. The number of benzene rings is 3. The Morgan fingerprint density at radius 2 is 1.87 bits per heavy atom. The number of methoxy groups -OCH3 is 1. The highest BCUT2D eigenvalue weighted by Gasteiger charge is 2.07. The molecule has 0 heterocycles. The standard InChI is InChI=1S/C24H23ClN2O4/c1-17-6-5-8-20(12-17)30-16-24(28)27-26-14-18-10-11-22(23(13-18)29-2)31-15-19-7-3-4-9-21(19)25/h3-14H,15-16H2,1-2H3,(H,27,28)/b26-14+. The molecule has 0 bridgehead atoms. The quantitative estimate of drug-likeness (QED) is 0.386. The Labute approximate surface area is 186 Å². The maximum atomic E-state index is 11.9. The van der Waals surface area contributed by atoms with Crippen molar-refractivity contribution >= 4 is 23.7 Å². The third kappa shape index (κ3) is 6.76. The summed E-state index contributed by atoms with van der Waals surface area (Å²) in [5.41, 5.74) is 5.12. The number of hydrogen-bond acceptors (Lipinski definition) is 5. The normalized spacial score (nSPS) is 10.7. The van der Waals surface area contributed by atoms with Gasteiger partial charge in [-0.2, -0.15) is 5.10 Å². The minimum absolute atomic E-state index is 0.126. The van der Waals surface area contributed by atoms with E-state index in [9.17, 15) is 4.79 Å². The summed E-state index contributed by atoms with van der Waals surface area (Å²) >= 11 is 6.16. The van der Waals surface area contributed by atoms with Crippen LogP contribution in [0.3, 0.4) is 0 Å². The molecule has 3 rings (SSSR count). The first-order valence-corrected chi connectivity index (χ1v) is 9.98. The van der Waals surface area contributed by atoms with E-state index in [0.29, 0.717) is 28.9 Å². The van der Waals surface area contributed by atoms with Crippen LogP contribution in [0.25, 0.3) is 0 Å². The summed E-state index contributed by atoms with van der Waals surface area (Å²) in [5.74, 6) is 1.40. The van der Waals surface area contributed by atoms with E-state index in [0.717, 1.165) is 16.7 Å². The highest BCUT2D eigenvalue weighted by Crippen LogP contribution is 2.29. The molecule has 0 unspecified atom stereocenters. The van der Waals surface area contributed by atoms with Crippen molar-refractivity contribution in [2.75, 3.05) is 13.7 Å². The average Bonchev–Trinajstić information content (AvgIpc) is 2.77. The zero-order valence-electron chi connectivity index (χ0n) is 17.3. The van der Waals surface area contributed by atoms with Gasteiger partial charge in [-0.05, 0) is 54.4 Å². The lowest BCUT2D eigenvalue weighted by Crippen LogP contribution is -2.24. The second-order valence-corrected chi connectivity index (χ2v) is 7.10. The largest absolute Gasteiger partial charge is 0.493 e. The Hall–Kier alpha value is -3.51. The molecule has 0 fully saturated rings. The lowest BCUT2D eigenvalue weighted by Gasteiger charge is -2.12. The molecule has 0 aliphatic heterocycles. The Balaban J connectivity index is 1.53. The Kier molecular flexibility index (Phi) is 7.90. The number of nitrogens with zero attached hydrogens (tertiary/aromatic N) is 1. The molecular weight excluding hydrogens is 416 g/mol. The number of halogens is 1. The number of amides is 1. The summed E-state index contributed by atoms with van der Waals surface area (Å²) in [6.45, 7) is 2.15. The van der Waals surface area contributed by atoms with Crippen molar-refractivity contribution in [3.63, 3.8) is 0 Å². The zero-order valence-corrected chi connectivity index (χ0v) is 18.1. The second-order valence-electron chi connectivity index (χ2n) is 6.69. The molecule has 160 valence electrons. The van der Waals surface area contributed by atoms with Crippen LogP contribution in [0, 0.1) is 6.92 Å². The van der Waals surface area contributed by atoms with Crippen molar-refractivity contribution in [2.24, 2.45) is 5.10 Å². The highest BCUT2D eigenvalue weighted by molar-refractivity contribution is 6.31. The van der Waals surface area contributed by atoms with Crippen molar-refractivity contribution in [2.45, 2.75) is 13.5 Å². The van der Waals surface area contributed by atoms with E-state index in [2.05, 4.69) is 10.5 Å². The molecule has 0 radical (unpaired) electrons. The summed E-state index contributed by atoms with van der Waals surface area (Å²) < 4.78 is 16.7. The Morgan fingerprint density at radius 1 is 1.03 bits per heavy atom. The molecule has 6 nitrogen and oxygen atoms in total. The van der Waals surface area contributed by atoms with E-state index in [1.165, 1.54) is 6.21 Å². The third-order valence-corrected chi connectivity index (χ3v) is 4.66. The maximum absolute atomic E-state index is 11.9. The number of hydrogen-bond donors (Lipinski definition) is 1. The van der Waals surface area contributed by atoms with Gasteiger partial charge in [-0.25, -0.2) is 5.43 Å². The van der Waals surface area contributed by atoms with Gasteiger partial charge in [0.15, 0.2) is 18.1 Å². The van der Waals surface area contributed by atoms with Crippen LogP contribution in [-0.4, -0.2) is 25.8 Å². The molecular formula is C24H23ClN2O4. The number of rotatable bonds is 9. The van der Waals surface area contributed by atoms with Gasteiger partial charge in [-0.15, -0.1) is 0 Å². The van der Waals surface area contributed by atoms with Gasteiger partial charge in [0.25, 0.3) is 5.91 Å². The van der Waals surface area contributed by atoms with Gasteiger partial charge >= 0.3 is 0 Å². The van der Waals surface area contributed by atoms with Gasteiger partial charge in [-0.1, -0.05) is 41.9 Å². The summed E-state index contributed by atoms with van der Waals surface area (Å²) in [4.78, 5) is 11.9. The molecule has 3 aromatic carbocycles. The molecule has 1 amide bonds. The smallest absolute Gasteiger partial charge is 0.277 e. The molecule has 1 N–H and O–H groups in total. The molecule has 31 heavy (non-hydrogen) atoms. The van der Waals surface area contributed by atoms with Gasteiger partial charge in [0.1, 0.15) is 12.4 Å². The van der Waals surface area contributed by atoms with Crippen molar-refractivity contribution in [3.05, 3.63) is 88.4 Å². The molecule has 7 heteroatoms. The third-order valence-electron chi connectivity index (χ3n) is 4.29. The second kappa shape index (κ2) is 11.0. The molecule has 0 saturated heterocycles. The molecule has 3 aromatic rings. The minimum Gasteiger partial charge on any atom is -0.493 e. The number of nitrogens with one attached hydrogen (secondary N) is 1.